The Bertz CT molecular complexity index is 1610. The van der Waals surface area contributed by atoms with Gasteiger partial charge in [-0.05, 0) is 35.4 Å². The molecule has 47 heavy (non-hydrogen) atoms. The van der Waals surface area contributed by atoms with E-state index in [-0.39, 0.29) is 31.5 Å². The molecule has 2 fully saturated rings. The number of nitrogens with one attached hydrogen (secondary N) is 3. The molecule has 0 bridgehead atoms. The van der Waals surface area contributed by atoms with Gasteiger partial charge in [0.05, 0.1) is 0 Å². The van der Waals surface area contributed by atoms with Crippen LogP contribution >= 0.6 is 0 Å². The van der Waals surface area contributed by atoms with Gasteiger partial charge < -0.3 is 25.8 Å². The van der Waals surface area contributed by atoms with Gasteiger partial charge in [-0.3, -0.25) is 19.8 Å². The Morgan fingerprint density at radius 2 is 1.43 bits per heavy atom. The Labute approximate surface area is 275 Å². The molecular formula is C34H41N7O5S. The van der Waals surface area contributed by atoms with E-state index in [1.54, 1.807) is 65.6 Å². The van der Waals surface area contributed by atoms with Crippen molar-refractivity contribution in [2.24, 2.45) is 11.7 Å². The van der Waals surface area contributed by atoms with Gasteiger partial charge in [-0.1, -0.05) is 91.0 Å². The average Bonchev–Trinajstić information content (AvgIpc) is 3.07. The van der Waals surface area contributed by atoms with Gasteiger partial charge in [-0.25, -0.2) is 13.1 Å². The summed E-state index contributed by atoms with van der Waals surface area (Å²) in [5, 5.41) is 9.43. The zero-order valence-electron chi connectivity index (χ0n) is 26.1. The first-order valence-corrected chi connectivity index (χ1v) is 17.2. The van der Waals surface area contributed by atoms with Crippen LogP contribution in [0.1, 0.15) is 34.8 Å². The van der Waals surface area contributed by atoms with Gasteiger partial charge in [0, 0.05) is 32.7 Å². The number of piperidine rings is 1. The topological polar surface area (TPSA) is 169 Å². The number of nitrogens with two attached hydrogens (primary N) is 1. The minimum absolute atomic E-state index is 0.0302. The number of piperazine rings is 1. The third kappa shape index (κ3) is 8.54. The van der Waals surface area contributed by atoms with Gasteiger partial charge in [0.2, 0.25) is 27.7 Å². The lowest BCUT2D eigenvalue weighted by Crippen LogP contribution is -2.64. The second-order valence-corrected chi connectivity index (χ2v) is 13.8. The third-order valence-corrected chi connectivity index (χ3v) is 10.4. The van der Waals surface area contributed by atoms with E-state index in [2.05, 4.69) is 10.0 Å². The maximum absolute atomic E-state index is 14.0. The molecule has 2 aliphatic heterocycles. The summed E-state index contributed by atoms with van der Waals surface area (Å²) in [5.74, 6) is -1.11. The highest BCUT2D eigenvalue weighted by molar-refractivity contribution is 7.89. The summed E-state index contributed by atoms with van der Waals surface area (Å²) >= 11 is 0. The molecule has 0 spiro atoms. The molecule has 3 amide bonds. The number of sulfonamides is 1. The number of benzene rings is 3. The normalized spacial score (nSPS) is 17.6. The van der Waals surface area contributed by atoms with Crippen molar-refractivity contribution >= 4 is 33.7 Å². The molecule has 0 aliphatic carbocycles. The van der Waals surface area contributed by atoms with Crippen LogP contribution in [0.5, 0.6) is 0 Å². The van der Waals surface area contributed by atoms with Crippen molar-refractivity contribution in [3.8, 4) is 0 Å². The Hall–Kier alpha value is -4.75. The molecule has 0 radical (unpaired) electrons. The first-order valence-electron chi connectivity index (χ1n) is 15.7. The number of carbonyl (C=O) groups is 3. The molecule has 3 aromatic rings. The monoisotopic (exact) mass is 659 g/mol. The van der Waals surface area contributed by atoms with E-state index < -0.39 is 45.6 Å². The lowest BCUT2D eigenvalue weighted by Gasteiger charge is -2.40. The zero-order valence-corrected chi connectivity index (χ0v) is 26.9. The van der Waals surface area contributed by atoms with Crippen molar-refractivity contribution in [2.45, 2.75) is 30.7 Å². The predicted octanol–water partition coefficient (Wildman–Crippen LogP) is 1.66. The summed E-state index contributed by atoms with van der Waals surface area (Å²) in [4.78, 5) is 45.0. The van der Waals surface area contributed by atoms with Crippen molar-refractivity contribution in [2.75, 3.05) is 39.3 Å². The summed E-state index contributed by atoms with van der Waals surface area (Å²) < 4.78 is 30.6. The molecule has 2 heterocycles. The number of guanidine groups is 1. The van der Waals surface area contributed by atoms with E-state index in [1.165, 1.54) is 9.80 Å². The number of carbonyl (C=O) groups excluding carboxylic acids is 3. The van der Waals surface area contributed by atoms with E-state index >= 15 is 0 Å². The minimum Gasteiger partial charge on any atom is -0.370 e. The number of rotatable bonds is 12. The van der Waals surface area contributed by atoms with Gasteiger partial charge in [0.15, 0.2) is 5.96 Å². The number of hydrogen-bond acceptors (Lipinski definition) is 6. The van der Waals surface area contributed by atoms with Gasteiger partial charge in [0.25, 0.3) is 0 Å². The molecule has 0 unspecified atom stereocenters. The van der Waals surface area contributed by atoms with E-state index in [0.29, 0.717) is 30.8 Å². The van der Waals surface area contributed by atoms with Crippen LogP contribution < -0.4 is 15.8 Å². The van der Waals surface area contributed by atoms with Gasteiger partial charge in [-0.15, -0.1) is 0 Å². The maximum atomic E-state index is 14.0. The van der Waals surface area contributed by atoms with Crippen LogP contribution in [-0.2, 0) is 31.0 Å². The third-order valence-electron chi connectivity index (χ3n) is 8.69. The van der Waals surface area contributed by atoms with Crippen molar-refractivity contribution in [3.05, 3.63) is 108 Å². The van der Waals surface area contributed by atoms with Crippen LogP contribution in [0.4, 0.5) is 0 Å². The second kappa shape index (κ2) is 15.2. The number of nitrogens with zero attached hydrogens (tertiary/aromatic N) is 3. The number of amides is 3. The lowest BCUT2D eigenvalue weighted by molar-refractivity contribution is -0.157. The number of hydrogen-bond donors (Lipinski definition) is 4. The minimum atomic E-state index is -4.12. The Morgan fingerprint density at radius 3 is 1.98 bits per heavy atom. The Kier molecular flexibility index (Phi) is 10.9. The molecule has 12 nitrogen and oxygen atoms in total. The van der Waals surface area contributed by atoms with Crippen molar-refractivity contribution in [3.63, 3.8) is 0 Å². The summed E-state index contributed by atoms with van der Waals surface area (Å²) in [5.41, 5.74) is 7.51. The van der Waals surface area contributed by atoms with Crippen LogP contribution in [0, 0.1) is 11.3 Å². The highest BCUT2D eigenvalue weighted by Crippen LogP contribution is 2.30. The van der Waals surface area contributed by atoms with Gasteiger partial charge >= 0.3 is 0 Å². The second-order valence-electron chi connectivity index (χ2n) is 11.9. The summed E-state index contributed by atoms with van der Waals surface area (Å²) in [6.07, 6.45) is 1.51. The summed E-state index contributed by atoms with van der Waals surface area (Å²) in [6, 6.07) is 25.6. The molecule has 1 atom stereocenters. The summed E-state index contributed by atoms with van der Waals surface area (Å²) in [6.45, 7) is 0.791. The van der Waals surface area contributed by atoms with Crippen molar-refractivity contribution < 1.29 is 22.8 Å². The Morgan fingerprint density at radius 1 is 0.872 bits per heavy atom. The molecule has 0 aromatic heterocycles. The fourth-order valence-electron chi connectivity index (χ4n) is 6.12. The molecule has 5 N–H and O–H groups in total. The average molecular weight is 660 g/mol. The molecule has 5 rings (SSSR count). The quantitative estimate of drug-likeness (QED) is 0.169. The molecular weight excluding hydrogens is 618 g/mol. The van der Waals surface area contributed by atoms with Crippen molar-refractivity contribution in [1.82, 2.24) is 24.7 Å². The standard InChI is InChI=1S/C34H41N7O5S/c35-34(36)39-18-16-25(17-19-39)20-37-30(42)23-41-29(33(44)40(24-31(41)43)22-26-10-4-1-5-11-26)21-38-47(45,46)32(27-12-6-2-7-13-27)28-14-8-3-9-15-28/h1-15,25,29,32,38H,16-24H2,(H3,35,36)(H,37,42)/t29-/m0/s1. The van der Waals surface area contributed by atoms with Crippen molar-refractivity contribution in [1.29, 1.82) is 5.41 Å². The van der Waals surface area contributed by atoms with E-state index in [4.69, 9.17) is 11.1 Å². The highest BCUT2D eigenvalue weighted by Gasteiger charge is 2.41. The van der Waals surface area contributed by atoms with Gasteiger partial charge in [0.1, 0.15) is 24.4 Å². The first-order chi connectivity index (χ1) is 22.6. The molecule has 2 saturated heterocycles. The van der Waals surface area contributed by atoms with Crippen LogP contribution in [0.15, 0.2) is 91.0 Å². The largest absolute Gasteiger partial charge is 0.370 e. The molecule has 0 saturated carbocycles. The van der Waals surface area contributed by atoms with E-state index in [1.807, 2.05) is 30.3 Å². The fraction of sp³-hybridized carbons (Fsp3) is 0.353. The summed E-state index contributed by atoms with van der Waals surface area (Å²) in [7, 11) is -4.12. The van der Waals surface area contributed by atoms with Crippen LogP contribution in [0.25, 0.3) is 0 Å². The SMILES string of the molecule is N=C(N)N1CCC(CNC(=O)CN2C(=O)CN(Cc3ccccc3)C(=O)[C@@H]2CNS(=O)(=O)C(c2ccccc2)c2ccccc2)CC1. The molecule has 3 aromatic carbocycles. The Balaban J connectivity index is 1.33. The van der Waals surface area contributed by atoms with Crippen LogP contribution in [0.3, 0.4) is 0 Å². The smallest absolute Gasteiger partial charge is 0.247 e. The van der Waals surface area contributed by atoms with Crippen LogP contribution in [0.2, 0.25) is 0 Å². The highest BCUT2D eigenvalue weighted by atomic mass is 32.2. The molecule has 13 heteroatoms. The van der Waals surface area contributed by atoms with Gasteiger partial charge in [-0.2, -0.15) is 0 Å². The predicted molar refractivity (Wildman–Crippen MR) is 178 cm³/mol. The lowest BCUT2D eigenvalue weighted by atomic mass is 9.97. The number of likely N-dealkylation sites (tertiary alicyclic amines) is 1. The zero-order chi connectivity index (χ0) is 33.4. The van der Waals surface area contributed by atoms with E-state index in [9.17, 15) is 22.8 Å². The maximum Gasteiger partial charge on any atom is 0.247 e. The molecule has 248 valence electrons. The van der Waals surface area contributed by atoms with E-state index in [0.717, 1.165) is 18.4 Å². The first kappa shape index (κ1) is 33.6. The fourth-order valence-corrected chi connectivity index (χ4v) is 7.70. The molecule has 2 aliphatic rings. The van der Waals surface area contributed by atoms with Crippen LogP contribution in [-0.4, -0.2) is 92.1 Å².